The maximum atomic E-state index is 11.9. The number of nitrogens with zero attached hydrogens (tertiary/aromatic N) is 1. The summed E-state index contributed by atoms with van der Waals surface area (Å²) in [7, 11) is 0. The second-order valence-corrected chi connectivity index (χ2v) is 6.36. The van der Waals surface area contributed by atoms with Gasteiger partial charge in [0.1, 0.15) is 0 Å². The van der Waals surface area contributed by atoms with Gasteiger partial charge < -0.3 is 10.4 Å². The van der Waals surface area contributed by atoms with E-state index in [0.29, 0.717) is 24.3 Å². The van der Waals surface area contributed by atoms with E-state index < -0.39 is 0 Å². The fourth-order valence-electron chi connectivity index (χ4n) is 3.13. The van der Waals surface area contributed by atoms with Crippen LogP contribution in [0.2, 0.25) is 0 Å². The standard InChI is InChI=1S/C14H26N2O2/c1-9(2)10(3)15-14(18)8-16-6-11-4-5-13(17)12(11)7-16/h9-13,17H,4-8H2,1-3H3,(H,15,18). The van der Waals surface area contributed by atoms with Crippen LogP contribution >= 0.6 is 0 Å². The Bertz CT molecular complexity index is 306. The SMILES string of the molecule is CC(C)C(C)NC(=O)CN1CC2CCC(O)C2C1. The van der Waals surface area contributed by atoms with Gasteiger partial charge >= 0.3 is 0 Å². The summed E-state index contributed by atoms with van der Waals surface area (Å²) in [5.41, 5.74) is 0. The van der Waals surface area contributed by atoms with Gasteiger partial charge in [0.25, 0.3) is 0 Å². The Morgan fingerprint density at radius 2 is 2.06 bits per heavy atom. The Kier molecular flexibility index (Phi) is 4.28. The van der Waals surface area contributed by atoms with Gasteiger partial charge in [-0.25, -0.2) is 0 Å². The first-order valence-electron chi connectivity index (χ1n) is 7.17. The zero-order valence-electron chi connectivity index (χ0n) is 11.7. The molecule has 2 aliphatic rings. The summed E-state index contributed by atoms with van der Waals surface area (Å²) in [6, 6.07) is 0.227. The normalized spacial score (nSPS) is 33.7. The number of carbonyl (C=O) groups is 1. The van der Waals surface area contributed by atoms with Crippen molar-refractivity contribution in [3.8, 4) is 0 Å². The second-order valence-electron chi connectivity index (χ2n) is 6.36. The summed E-state index contributed by atoms with van der Waals surface area (Å²) in [6.07, 6.45) is 1.92. The van der Waals surface area contributed by atoms with Gasteiger partial charge in [-0.2, -0.15) is 0 Å². The molecule has 4 unspecified atom stereocenters. The molecule has 2 rings (SSSR count). The third kappa shape index (κ3) is 3.04. The van der Waals surface area contributed by atoms with Crippen molar-refractivity contribution in [1.82, 2.24) is 10.2 Å². The van der Waals surface area contributed by atoms with Gasteiger partial charge in [-0.1, -0.05) is 13.8 Å². The fraction of sp³-hybridized carbons (Fsp3) is 0.929. The first-order valence-corrected chi connectivity index (χ1v) is 7.17. The summed E-state index contributed by atoms with van der Waals surface area (Å²) in [5, 5.41) is 12.9. The van der Waals surface area contributed by atoms with Crippen molar-refractivity contribution in [2.45, 2.75) is 45.8 Å². The molecule has 0 radical (unpaired) electrons. The number of hydrogen-bond acceptors (Lipinski definition) is 3. The lowest BCUT2D eigenvalue weighted by Crippen LogP contribution is -2.42. The number of hydrogen-bond donors (Lipinski definition) is 2. The number of likely N-dealkylation sites (tertiary alicyclic amines) is 1. The van der Waals surface area contributed by atoms with Crippen molar-refractivity contribution in [2.24, 2.45) is 17.8 Å². The van der Waals surface area contributed by atoms with Crippen LogP contribution in [-0.2, 0) is 4.79 Å². The molecule has 0 aromatic rings. The molecule has 0 aromatic carbocycles. The highest BCUT2D eigenvalue weighted by Gasteiger charge is 2.42. The predicted octanol–water partition coefficient (Wildman–Crippen LogP) is 0.850. The number of aliphatic hydroxyl groups excluding tert-OH is 1. The molecule has 1 amide bonds. The molecule has 1 saturated carbocycles. The van der Waals surface area contributed by atoms with Gasteiger partial charge in [-0.3, -0.25) is 9.69 Å². The van der Waals surface area contributed by atoms with Gasteiger partial charge in [-0.05, 0) is 31.6 Å². The van der Waals surface area contributed by atoms with Crippen LogP contribution in [-0.4, -0.2) is 47.7 Å². The number of aliphatic hydroxyl groups is 1. The summed E-state index contributed by atoms with van der Waals surface area (Å²) >= 11 is 0. The van der Waals surface area contributed by atoms with Crippen molar-refractivity contribution >= 4 is 5.91 Å². The highest BCUT2D eigenvalue weighted by molar-refractivity contribution is 5.78. The Morgan fingerprint density at radius 3 is 2.67 bits per heavy atom. The van der Waals surface area contributed by atoms with Crippen LogP contribution in [0.5, 0.6) is 0 Å². The molecule has 2 N–H and O–H groups in total. The minimum Gasteiger partial charge on any atom is -0.393 e. The molecule has 1 heterocycles. The highest BCUT2D eigenvalue weighted by Crippen LogP contribution is 2.37. The Morgan fingerprint density at radius 1 is 1.33 bits per heavy atom. The molecule has 0 spiro atoms. The van der Waals surface area contributed by atoms with Gasteiger partial charge in [0.15, 0.2) is 0 Å². The van der Waals surface area contributed by atoms with Crippen molar-refractivity contribution in [3.63, 3.8) is 0 Å². The lowest BCUT2D eigenvalue weighted by molar-refractivity contribution is -0.123. The smallest absolute Gasteiger partial charge is 0.234 e. The molecule has 0 bridgehead atoms. The fourth-order valence-corrected chi connectivity index (χ4v) is 3.13. The molecule has 18 heavy (non-hydrogen) atoms. The van der Waals surface area contributed by atoms with Crippen molar-refractivity contribution in [2.75, 3.05) is 19.6 Å². The van der Waals surface area contributed by atoms with E-state index in [9.17, 15) is 9.90 Å². The van der Waals surface area contributed by atoms with Crippen LogP contribution in [0, 0.1) is 17.8 Å². The lowest BCUT2D eigenvalue weighted by atomic mass is 10.00. The first-order chi connectivity index (χ1) is 8.47. The van der Waals surface area contributed by atoms with E-state index in [2.05, 4.69) is 24.1 Å². The van der Waals surface area contributed by atoms with Gasteiger partial charge in [-0.15, -0.1) is 0 Å². The predicted molar refractivity (Wildman–Crippen MR) is 71.1 cm³/mol. The van der Waals surface area contributed by atoms with E-state index in [1.165, 1.54) is 0 Å². The highest BCUT2D eigenvalue weighted by atomic mass is 16.3. The van der Waals surface area contributed by atoms with E-state index in [0.717, 1.165) is 25.9 Å². The summed E-state index contributed by atoms with van der Waals surface area (Å²) < 4.78 is 0. The topological polar surface area (TPSA) is 52.6 Å². The van der Waals surface area contributed by atoms with E-state index in [-0.39, 0.29) is 18.1 Å². The quantitative estimate of drug-likeness (QED) is 0.782. The Labute approximate surface area is 110 Å². The van der Waals surface area contributed by atoms with Crippen molar-refractivity contribution in [3.05, 3.63) is 0 Å². The largest absolute Gasteiger partial charge is 0.393 e. The Balaban J connectivity index is 1.76. The molecule has 4 atom stereocenters. The maximum Gasteiger partial charge on any atom is 0.234 e. The monoisotopic (exact) mass is 254 g/mol. The molecule has 0 aromatic heterocycles. The molecule has 1 saturated heterocycles. The summed E-state index contributed by atoms with van der Waals surface area (Å²) in [4.78, 5) is 14.1. The Hall–Kier alpha value is -0.610. The molecule has 104 valence electrons. The van der Waals surface area contributed by atoms with Gasteiger partial charge in [0, 0.05) is 25.0 Å². The molecule has 2 fully saturated rings. The molecule has 4 heteroatoms. The van der Waals surface area contributed by atoms with Crippen molar-refractivity contribution < 1.29 is 9.90 Å². The van der Waals surface area contributed by atoms with Crippen LogP contribution in [0.4, 0.5) is 0 Å². The van der Waals surface area contributed by atoms with Crippen LogP contribution < -0.4 is 5.32 Å². The zero-order valence-corrected chi connectivity index (χ0v) is 11.7. The summed E-state index contributed by atoms with van der Waals surface area (Å²) in [6.45, 7) is 8.62. The maximum absolute atomic E-state index is 11.9. The third-order valence-electron chi connectivity index (χ3n) is 4.65. The van der Waals surface area contributed by atoms with E-state index in [1.54, 1.807) is 0 Å². The molecule has 1 aliphatic carbocycles. The van der Waals surface area contributed by atoms with E-state index in [4.69, 9.17) is 0 Å². The molecule has 1 aliphatic heterocycles. The van der Waals surface area contributed by atoms with Crippen molar-refractivity contribution in [1.29, 1.82) is 0 Å². The first kappa shape index (κ1) is 13.8. The second kappa shape index (κ2) is 5.57. The minimum absolute atomic E-state index is 0.116. The van der Waals surface area contributed by atoms with Crippen LogP contribution in [0.25, 0.3) is 0 Å². The van der Waals surface area contributed by atoms with Crippen LogP contribution in [0.1, 0.15) is 33.6 Å². The average molecular weight is 254 g/mol. The van der Waals surface area contributed by atoms with E-state index in [1.807, 2.05) is 6.92 Å². The minimum atomic E-state index is -0.141. The number of fused-ring (bicyclic) bond motifs is 1. The van der Waals surface area contributed by atoms with Gasteiger partial charge in [0.2, 0.25) is 5.91 Å². The number of nitrogens with one attached hydrogen (secondary N) is 1. The third-order valence-corrected chi connectivity index (χ3v) is 4.65. The lowest BCUT2D eigenvalue weighted by Gasteiger charge is -2.21. The average Bonchev–Trinajstić information content (AvgIpc) is 2.81. The number of carbonyl (C=O) groups excluding carboxylic acids is 1. The van der Waals surface area contributed by atoms with E-state index >= 15 is 0 Å². The molecular weight excluding hydrogens is 228 g/mol. The van der Waals surface area contributed by atoms with Gasteiger partial charge in [0.05, 0.1) is 12.6 Å². The molecule has 4 nitrogen and oxygen atoms in total. The zero-order chi connectivity index (χ0) is 13.3. The van der Waals surface area contributed by atoms with Crippen LogP contribution in [0.3, 0.4) is 0 Å². The number of rotatable bonds is 4. The summed E-state index contributed by atoms with van der Waals surface area (Å²) in [5.74, 6) is 1.59. The number of amides is 1. The van der Waals surface area contributed by atoms with Crippen LogP contribution in [0.15, 0.2) is 0 Å². The molecular formula is C14H26N2O2.